The number of carboxylic acid groups (broad SMARTS) is 1. The second-order valence-electron chi connectivity index (χ2n) is 5.57. The maximum absolute atomic E-state index is 11.2. The van der Waals surface area contributed by atoms with Crippen LogP contribution in [0.1, 0.15) is 33.6 Å². The number of nitrogens with two attached hydrogens (primary N) is 1. The van der Waals surface area contributed by atoms with Crippen molar-refractivity contribution in [1.82, 2.24) is 0 Å². The Bertz CT molecular complexity index is 672. The summed E-state index contributed by atoms with van der Waals surface area (Å²) in [4.78, 5) is 42.7. The summed E-state index contributed by atoms with van der Waals surface area (Å²) >= 11 is 0. The lowest BCUT2D eigenvalue weighted by molar-refractivity contribution is -0.137. The molecule has 1 amide bonds. The van der Waals surface area contributed by atoms with Crippen LogP contribution in [-0.2, 0) is 23.1 Å². The van der Waals surface area contributed by atoms with Gasteiger partial charge >= 0.3 is 32.6 Å². The first kappa shape index (κ1) is 25.2. The zero-order valence-electron chi connectivity index (χ0n) is 16.2. The molecule has 0 aliphatic rings. The first-order valence-electron chi connectivity index (χ1n) is 8.10. The number of ether oxygens (including phenoxy) is 2. The third-order valence-electron chi connectivity index (χ3n) is 3.62. The van der Waals surface area contributed by atoms with Crippen LogP contribution >= 0.6 is 0 Å². The van der Waals surface area contributed by atoms with Crippen molar-refractivity contribution in [3.8, 4) is 0 Å². The molecule has 0 unspecified atom stereocenters. The minimum atomic E-state index is -2.03. The van der Waals surface area contributed by atoms with Gasteiger partial charge in [-0.25, -0.2) is 14.4 Å². The van der Waals surface area contributed by atoms with Gasteiger partial charge < -0.3 is 29.2 Å². The topological polar surface area (TPSA) is 151 Å². The van der Waals surface area contributed by atoms with Crippen molar-refractivity contribution in [2.45, 2.75) is 25.4 Å². The molecular formula is C17H25NO9Si. The van der Waals surface area contributed by atoms with Gasteiger partial charge in [-0.2, -0.15) is 0 Å². The molecule has 1 rings (SSSR count). The van der Waals surface area contributed by atoms with Crippen molar-refractivity contribution in [2.75, 3.05) is 21.3 Å². The third kappa shape index (κ3) is 9.80. The van der Waals surface area contributed by atoms with Crippen LogP contribution < -0.4 is 5.73 Å². The van der Waals surface area contributed by atoms with Gasteiger partial charge in [0.05, 0.1) is 18.2 Å². The molecule has 0 fully saturated rings. The average molecular weight is 415 g/mol. The van der Waals surface area contributed by atoms with E-state index in [-0.39, 0.29) is 17.5 Å². The summed E-state index contributed by atoms with van der Waals surface area (Å²) in [5, 5.41) is 8.39. The number of esters is 2. The SMILES string of the molecule is COC(=O)c1ccc(C(=O)OC(N)=O)cc1.CO[Si](C)(CCCC(=O)O)OC. The van der Waals surface area contributed by atoms with Crippen molar-refractivity contribution in [2.24, 2.45) is 5.73 Å². The normalized spacial score (nSPS) is 10.3. The van der Waals surface area contributed by atoms with Crippen molar-refractivity contribution >= 4 is 32.6 Å². The summed E-state index contributed by atoms with van der Waals surface area (Å²) in [6.07, 6.45) is -0.364. The molecule has 0 saturated heterocycles. The monoisotopic (exact) mass is 415 g/mol. The van der Waals surface area contributed by atoms with Crippen LogP contribution in [0.2, 0.25) is 12.6 Å². The van der Waals surface area contributed by atoms with Gasteiger partial charge in [-0.05, 0) is 43.3 Å². The lowest BCUT2D eigenvalue weighted by Crippen LogP contribution is -2.35. The van der Waals surface area contributed by atoms with E-state index in [2.05, 4.69) is 15.2 Å². The Morgan fingerprint density at radius 3 is 1.79 bits per heavy atom. The summed E-state index contributed by atoms with van der Waals surface area (Å²) in [6.45, 7) is 1.93. The van der Waals surface area contributed by atoms with E-state index in [0.29, 0.717) is 6.42 Å². The highest BCUT2D eigenvalue weighted by atomic mass is 28.4. The number of benzene rings is 1. The van der Waals surface area contributed by atoms with E-state index < -0.39 is 32.6 Å². The highest BCUT2D eigenvalue weighted by molar-refractivity contribution is 6.65. The molecule has 0 aliphatic carbocycles. The number of hydrogen-bond donors (Lipinski definition) is 2. The van der Waals surface area contributed by atoms with Crippen molar-refractivity contribution < 1.29 is 42.6 Å². The van der Waals surface area contributed by atoms with Gasteiger partial charge in [0.1, 0.15) is 0 Å². The van der Waals surface area contributed by atoms with E-state index >= 15 is 0 Å². The summed E-state index contributed by atoms with van der Waals surface area (Å²) in [7, 11) is 2.44. The van der Waals surface area contributed by atoms with Crippen molar-refractivity contribution in [1.29, 1.82) is 0 Å². The summed E-state index contributed by atoms with van der Waals surface area (Å²) < 4.78 is 19.0. The maximum Gasteiger partial charge on any atom is 0.412 e. The number of carbonyl (C=O) groups excluding carboxylic acids is 3. The minimum Gasteiger partial charge on any atom is -0.481 e. The fourth-order valence-corrected chi connectivity index (χ4v) is 3.25. The first-order chi connectivity index (χ1) is 13.1. The van der Waals surface area contributed by atoms with Crippen LogP contribution in [-0.4, -0.2) is 59.0 Å². The number of methoxy groups -OCH3 is 1. The molecule has 28 heavy (non-hydrogen) atoms. The van der Waals surface area contributed by atoms with E-state index in [1.807, 2.05) is 6.55 Å². The smallest absolute Gasteiger partial charge is 0.412 e. The number of amides is 1. The molecule has 1 aromatic rings. The predicted molar refractivity (Wildman–Crippen MR) is 100 cm³/mol. The zero-order valence-corrected chi connectivity index (χ0v) is 17.2. The molecule has 0 aliphatic heterocycles. The van der Waals surface area contributed by atoms with Crippen LogP contribution in [0.25, 0.3) is 0 Å². The number of hydrogen-bond acceptors (Lipinski definition) is 8. The van der Waals surface area contributed by atoms with Crippen LogP contribution in [0.4, 0.5) is 4.79 Å². The molecule has 1 aromatic carbocycles. The van der Waals surface area contributed by atoms with E-state index in [1.165, 1.54) is 31.4 Å². The van der Waals surface area contributed by atoms with Gasteiger partial charge in [-0.3, -0.25) is 4.79 Å². The number of rotatable bonds is 8. The highest BCUT2D eigenvalue weighted by Crippen LogP contribution is 2.14. The number of carbonyl (C=O) groups is 4. The number of primary amides is 1. The number of carboxylic acids is 1. The average Bonchev–Trinajstić information content (AvgIpc) is 2.67. The molecule has 11 heteroatoms. The fourth-order valence-electron chi connectivity index (χ4n) is 1.86. The fraction of sp³-hybridized carbons (Fsp3) is 0.412. The summed E-state index contributed by atoms with van der Waals surface area (Å²) in [5.74, 6) is -2.16. The molecule has 0 radical (unpaired) electrons. The Morgan fingerprint density at radius 2 is 1.43 bits per heavy atom. The Hall–Kier alpha value is -2.76. The number of aliphatic carboxylic acids is 1. The second-order valence-corrected chi connectivity index (χ2v) is 9.15. The lowest BCUT2D eigenvalue weighted by atomic mass is 10.1. The Kier molecular flexibility index (Phi) is 11.4. The lowest BCUT2D eigenvalue weighted by Gasteiger charge is -2.21. The molecular weight excluding hydrogens is 390 g/mol. The third-order valence-corrected chi connectivity index (χ3v) is 6.61. The molecule has 0 saturated carbocycles. The Balaban J connectivity index is 0.000000546. The zero-order chi connectivity index (χ0) is 21.7. The van der Waals surface area contributed by atoms with Gasteiger partial charge in [-0.15, -0.1) is 0 Å². The van der Waals surface area contributed by atoms with Crippen LogP contribution in [0, 0.1) is 0 Å². The van der Waals surface area contributed by atoms with Crippen molar-refractivity contribution in [3.63, 3.8) is 0 Å². The van der Waals surface area contributed by atoms with E-state index in [1.54, 1.807) is 14.2 Å². The van der Waals surface area contributed by atoms with Gasteiger partial charge in [-0.1, -0.05) is 0 Å². The summed E-state index contributed by atoms with van der Waals surface area (Å²) in [5.41, 5.74) is 5.08. The molecule has 0 bridgehead atoms. The van der Waals surface area contributed by atoms with Crippen LogP contribution in [0.3, 0.4) is 0 Å². The summed E-state index contributed by atoms with van der Waals surface area (Å²) in [6, 6.07) is 6.15. The minimum absolute atomic E-state index is 0.117. The molecule has 0 heterocycles. The van der Waals surface area contributed by atoms with Crippen LogP contribution in [0.5, 0.6) is 0 Å². The molecule has 0 atom stereocenters. The van der Waals surface area contributed by atoms with Gasteiger partial charge in [0.2, 0.25) is 0 Å². The van der Waals surface area contributed by atoms with E-state index in [0.717, 1.165) is 6.04 Å². The van der Waals surface area contributed by atoms with E-state index in [4.69, 9.17) is 14.0 Å². The van der Waals surface area contributed by atoms with Gasteiger partial charge in [0.15, 0.2) is 0 Å². The highest BCUT2D eigenvalue weighted by Gasteiger charge is 2.27. The molecule has 3 N–H and O–H groups in total. The molecule has 0 spiro atoms. The second kappa shape index (κ2) is 12.6. The quantitative estimate of drug-likeness (QED) is 0.368. The Labute approximate surface area is 163 Å². The maximum atomic E-state index is 11.2. The molecule has 0 aromatic heterocycles. The van der Waals surface area contributed by atoms with E-state index in [9.17, 15) is 19.2 Å². The Morgan fingerprint density at radius 1 is 0.964 bits per heavy atom. The van der Waals surface area contributed by atoms with Crippen LogP contribution in [0.15, 0.2) is 24.3 Å². The molecule has 156 valence electrons. The predicted octanol–water partition coefficient (Wildman–Crippen LogP) is 1.92. The first-order valence-corrected chi connectivity index (χ1v) is 10.6. The van der Waals surface area contributed by atoms with Gasteiger partial charge in [0.25, 0.3) is 0 Å². The van der Waals surface area contributed by atoms with Crippen molar-refractivity contribution in [3.05, 3.63) is 35.4 Å². The standard InChI is InChI=1S/C10H9NO5.C7H16O4Si/c1-15-8(12)6-2-4-7(5-3-6)9(13)16-10(11)14;1-10-12(3,11-2)6-4-5-7(8)9/h2-5H,1H3,(H2,11,14);4-6H2,1-3H3,(H,8,9). The molecule has 10 nitrogen and oxygen atoms in total. The van der Waals surface area contributed by atoms with Gasteiger partial charge in [0, 0.05) is 20.6 Å². The largest absolute Gasteiger partial charge is 0.481 e.